The first-order valence-corrected chi connectivity index (χ1v) is 5.90. The third kappa shape index (κ3) is 2.70. The van der Waals surface area contributed by atoms with Gasteiger partial charge < -0.3 is 20.2 Å². The van der Waals surface area contributed by atoms with E-state index in [0.29, 0.717) is 18.8 Å². The van der Waals surface area contributed by atoms with Gasteiger partial charge in [-0.15, -0.1) is 0 Å². The zero-order valence-electron chi connectivity index (χ0n) is 9.96. The van der Waals surface area contributed by atoms with Crippen molar-refractivity contribution in [2.24, 2.45) is 11.7 Å². The summed E-state index contributed by atoms with van der Waals surface area (Å²) in [5.41, 5.74) is 5.41. The number of carboxylic acids is 1. The number of amides is 1. The average molecular weight is 252 g/mol. The van der Waals surface area contributed by atoms with Crippen LogP contribution in [0, 0.1) is 5.92 Å². The van der Waals surface area contributed by atoms with Crippen LogP contribution in [0.2, 0.25) is 0 Å². The standard InChI is InChI=1S/C12H16N2O4/c13-6-9-1-2-10(18-9)12(17)14-4-3-8(7-14)5-11(15)16/h1-2,8H,3-7,13H2,(H,15,16). The van der Waals surface area contributed by atoms with E-state index in [1.54, 1.807) is 17.0 Å². The highest BCUT2D eigenvalue weighted by Gasteiger charge is 2.29. The van der Waals surface area contributed by atoms with Gasteiger partial charge in [0.1, 0.15) is 5.76 Å². The first-order valence-electron chi connectivity index (χ1n) is 5.90. The Morgan fingerprint density at radius 1 is 1.50 bits per heavy atom. The van der Waals surface area contributed by atoms with Crippen LogP contribution in [0.1, 0.15) is 29.2 Å². The molecule has 1 aromatic rings. The molecule has 6 nitrogen and oxygen atoms in total. The van der Waals surface area contributed by atoms with E-state index in [2.05, 4.69) is 0 Å². The van der Waals surface area contributed by atoms with Crippen LogP contribution in [-0.2, 0) is 11.3 Å². The smallest absolute Gasteiger partial charge is 0.303 e. The van der Waals surface area contributed by atoms with Gasteiger partial charge in [0, 0.05) is 19.5 Å². The van der Waals surface area contributed by atoms with Gasteiger partial charge in [-0.2, -0.15) is 0 Å². The molecule has 1 aliphatic heterocycles. The summed E-state index contributed by atoms with van der Waals surface area (Å²) in [6, 6.07) is 3.28. The number of carbonyl (C=O) groups is 2. The molecular weight excluding hydrogens is 236 g/mol. The number of likely N-dealkylation sites (tertiary alicyclic amines) is 1. The molecule has 6 heteroatoms. The van der Waals surface area contributed by atoms with Crippen LogP contribution < -0.4 is 5.73 Å². The highest BCUT2D eigenvalue weighted by molar-refractivity contribution is 5.91. The molecule has 2 heterocycles. The van der Waals surface area contributed by atoms with Crippen molar-refractivity contribution in [3.05, 3.63) is 23.7 Å². The van der Waals surface area contributed by atoms with Crippen LogP contribution in [0.15, 0.2) is 16.5 Å². The quantitative estimate of drug-likeness (QED) is 0.821. The van der Waals surface area contributed by atoms with Crippen LogP contribution in [0.5, 0.6) is 0 Å². The van der Waals surface area contributed by atoms with Gasteiger partial charge in [-0.1, -0.05) is 0 Å². The fraction of sp³-hybridized carbons (Fsp3) is 0.500. The molecule has 1 aliphatic rings. The van der Waals surface area contributed by atoms with E-state index in [4.69, 9.17) is 15.3 Å². The number of hydrogen-bond donors (Lipinski definition) is 2. The molecule has 1 atom stereocenters. The van der Waals surface area contributed by atoms with Gasteiger partial charge in [0.2, 0.25) is 0 Å². The second kappa shape index (κ2) is 5.22. The first-order chi connectivity index (χ1) is 8.60. The number of furan rings is 1. The summed E-state index contributed by atoms with van der Waals surface area (Å²) < 4.78 is 5.29. The number of nitrogens with two attached hydrogens (primary N) is 1. The maximum absolute atomic E-state index is 12.1. The minimum Gasteiger partial charge on any atom is -0.481 e. The van der Waals surface area contributed by atoms with Gasteiger partial charge in [-0.3, -0.25) is 9.59 Å². The van der Waals surface area contributed by atoms with E-state index < -0.39 is 5.97 Å². The summed E-state index contributed by atoms with van der Waals surface area (Å²) in [5.74, 6) is -0.137. The maximum Gasteiger partial charge on any atom is 0.303 e. The normalized spacial score (nSPS) is 19.2. The van der Waals surface area contributed by atoms with Crippen LogP contribution >= 0.6 is 0 Å². The predicted octanol–water partition coefficient (Wildman–Crippen LogP) is 0.675. The Balaban J connectivity index is 1.96. The van der Waals surface area contributed by atoms with Crippen molar-refractivity contribution < 1.29 is 19.1 Å². The minimum absolute atomic E-state index is 0.0374. The van der Waals surface area contributed by atoms with Crippen molar-refractivity contribution in [2.45, 2.75) is 19.4 Å². The summed E-state index contributed by atoms with van der Waals surface area (Å²) in [6.07, 6.45) is 0.832. The Labute approximate surface area is 104 Å². The Morgan fingerprint density at radius 3 is 2.89 bits per heavy atom. The number of aliphatic carboxylic acids is 1. The molecule has 0 aromatic carbocycles. The molecular formula is C12H16N2O4. The first kappa shape index (κ1) is 12.6. The number of nitrogens with zero attached hydrogens (tertiary/aromatic N) is 1. The van der Waals surface area contributed by atoms with Gasteiger partial charge in [0.05, 0.1) is 6.54 Å². The summed E-state index contributed by atoms with van der Waals surface area (Å²) in [7, 11) is 0. The van der Waals surface area contributed by atoms with Crippen LogP contribution in [0.3, 0.4) is 0 Å². The highest BCUT2D eigenvalue weighted by atomic mass is 16.4. The Morgan fingerprint density at radius 2 is 2.28 bits per heavy atom. The lowest BCUT2D eigenvalue weighted by atomic mass is 10.1. The number of carbonyl (C=O) groups excluding carboxylic acids is 1. The highest BCUT2D eigenvalue weighted by Crippen LogP contribution is 2.22. The van der Waals surface area contributed by atoms with Crippen molar-refractivity contribution in [1.82, 2.24) is 4.90 Å². The third-order valence-electron chi connectivity index (χ3n) is 3.11. The van der Waals surface area contributed by atoms with E-state index in [1.807, 2.05) is 0 Å². The van der Waals surface area contributed by atoms with E-state index in [1.165, 1.54) is 0 Å². The van der Waals surface area contributed by atoms with Crippen molar-refractivity contribution in [2.75, 3.05) is 13.1 Å². The van der Waals surface area contributed by atoms with Crippen LogP contribution in [-0.4, -0.2) is 35.0 Å². The molecule has 98 valence electrons. The van der Waals surface area contributed by atoms with Crippen LogP contribution in [0.4, 0.5) is 0 Å². The molecule has 1 amide bonds. The van der Waals surface area contributed by atoms with Gasteiger partial charge in [0.25, 0.3) is 5.91 Å². The summed E-state index contributed by atoms with van der Waals surface area (Å²) >= 11 is 0. The zero-order valence-corrected chi connectivity index (χ0v) is 9.96. The fourth-order valence-electron chi connectivity index (χ4n) is 2.19. The molecule has 1 aromatic heterocycles. The summed E-state index contributed by atoms with van der Waals surface area (Å²) in [4.78, 5) is 24.3. The number of carboxylic acid groups (broad SMARTS) is 1. The van der Waals surface area contributed by atoms with Gasteiger partial charge >= 0.3 is 5.97 Å². The largest absolute Gasteiger partial charge is 0.481 e. The van der Waals surface area contributed by atoms with Crippen molar-refractivity contribution in [3.8, 4) is 0 Å². The molecule has 0 aliphatic carbocycles. The number of hydrogen-bond acceptors (Lipinski definition) is 4. The molecule has 18 heavy (non-hydrogen) atoms. The van der Waals surface area contributed by atoms with Crippen molar-refractivity contribution in [3.63, 3.8) is 0 Å². The molecule has 0 radical (unpaired) electrons. The van der Waals surface area contributed by atoms with E-state index >= 15 is 0 Å². The monoisotopic (exact) mass is 252 g/mol. The molecule has 3 N–H and O–H groups in total. The molecule has 1 saturated heterocycles. The zero-order chi connectivity index (χ0) is 13.1. The Kier molecular flexibility index (Phi) is 3.66. The lowest BCUT2D eigenvalue weighted by Crippen LogP contribution is -2.28. The van der Waals surface area contributed by atoms with Gasteiger partial charge in [0.15, 0.2) is 5.76 Å². The maximum atomic E-state index is 12.1. The molecule has 2 rings (SSSR count). The van der Waals surface area contributed by atoms with Crippen molar-refractivity contribution >= 4 is 11.9 Å². The Bertz CT molecular complexity index is 455. The molecule has 1 unspecified atom stereocenters. The lowest BCUT2D eigenvalue weighted by molar-refractivity contribution is -0.138. The minimum atomic E-state index is -0.822. The number of rotatable bonds is 4. The van der Waals surface area contributed by atoms with E-state index in [-0.39, 0.29) is 30.6 Å². The molecule has 0 bridgehead atoms. The van der Waals surface area contributed by atoms with Crippen LogP contribution in [0.25, 0.3) is 0 Å². The van der Waals surface area contributed by atoms with Crippen molar-refractivity contribution in [1.29, 1.82) is 0 Å². The fourth-order valence-corrected chi connectivity index (χ4v) is 2.19. The second-order valence-corrected chi connectivity index (χ2v) is 4.47. The molecule has 0 saturated carbocycles. The lowest BCUT2D eigenvalue weighted by Gasteiger charge is -2.14. The predicted molar refractivity (Wildman–Crippen MR) is 62.9 cm³/mol. The average Bonchev–Trinajstić information content (AvgIpc) is 2.95. The van der Waals surface area contributed by atoms with Gasteiger partial charge in [-0.25, -0.2) is 0 Å². The second-order valence-electron chi connectivity index (χ2n) is 4.47. The summed E-state index contributed by atoms with van der Waals surface area (Å²) in [6.45, 7) is 1.31. The van der Waals surface area contributed by atoms with E-state index in [9.17, 15) is 9.59 Å². The Hall–Kier alpha value is -1.82. The third-order valence-corrected chi connectivity index (χ3v) is 3.11. The topological polar surface area (TPSA) is 96.8 Å². The van der Waals surface area contributed by atoms with E-state index in [0.717, 1.165) is 6.42 Å². The molecule has 0 spiro atoms. The van der Waals surface area contributed by atoms with Gasteiger partial charge in [-0.05, 0) is 24.5 Å². The SMILES string of the molecule is NCc1ccc(C(=O)N2CCC(CC(=O)O)C2)o1. The summed E-state index contributed by atoms with van der Waals surface area (Å²) in [5, 5.41) is 8.72. The molecule has 1 fully saturated rings.